The summed E-state index contributed by atoms with van der Waals surface area (Å²) in [6.07, 6.45) is 9.28. The van der Waals surface area contributed by atoms with Gasteiger partial charge in [-0.05, 0) is 6.42 Å². The van der Waals surface area contributed by atoms with Crippen LogP contribution in [0, 0.1) is 0 Å². The van der Waals surface area contributed by atoms with Gasteiger partial charge in [-0.25, -0.2) is 0 Å². The fraction of sp³-hybridized carbons (Fsp3) is 0.900. The van der Waals surface area contributed by atoms with E-state index in [0.29, 0.717) is 6.42 Å². The van der Waals surface area contributed by atoms with Gasteiger partial charge in [0.1, 0.15) is 0 Å². The van der Waals surface area contributed by atoms with E-state index >= 15 is 0 Å². The fourth-order valence-electron chi connectivity index (χ4n) is 0.776. The van der Waals surface area contributed by atoms with E-state index in [1.165, 1.54) is 25.7 Å². The van der Waals surface area contributed by atoms with E-state index < -0.39 is 5.97 Å². The monoisotopic (exact) mass is 206 g/mol. The Morgan fingerprint density at radius 2 is 1.62 bits per heavy atom. The van der Waals surface area contributed by atoms with Gasteiger partial charge >= 0.3 is 5.97 Å². The van der Waals surface area contributed by atoms with Gasteiger partial charge in [-0.3, -0.25) is 4.79 Å². The van der Waals surface area contributed by atoms with Crippen LogP contribution in [-0.2, 0) is 4.79 Å². The van der Waals surface area contributed by atoms with Crippen molar-refractivity contribution in [2.45, 2.75) is 58.3 Å². The molecule has 1 aliphatic carbocycles. The summed E-state index contributed by atoms with van der Waals surface area (Å²) in [5.74, 6) is -0.682. The van der Waals surface area contributed by atoms with Gasteiger partial charge in [-0.1, -0.05) is 45.4 Å². The molecule has 0 bridgehead atoms. The first-order valence-electron chi connectivity index (χ1n) is 4.99. The van der Waals surface area contributed by atoms with Gasteiger partial charge in [-0.15, -0.1) is 0 Å². The summed E-state index contributed by atoms with van der Waals surface area (Å²) in [6, 6.07) is 0. The fourth-order valence-corrected chi connectivity index (χ4v) is 0.776. The zero-order valence-corrected chi connectivity index (χ0v) is 10.1. The van der Waals surface area contributed by atoms with Crippen molar-refractivity contribution in [2.75, 3.05) is 0 Å². The van der Waals surface area contributed by atoms with E-state index in [2.05, 4.69) is 6.92 Å². The standard InChI is InChI=1S/C6H12O2.C4H8.H3P/c1-2-3-4-5-6(7)8;1-2-4-3-1;/h2-5H2,1H3,(H,7,8);1-4H2;1H3. The van der Waals surface area contributed by atoms with Gasteiger partial charge in [0.2, 0.25) is 0 Å². The van der Waals surface area contributed by atoms with Crippen LogP contribution in [0.4, 0.5) is 0 Å². The number of hydrogen-bond acceptors (Lipinski definition) is 1. The molecule has 3 heteroatoms. The van der Waals surface area contributed by atoms with Crippen LogP contribution in [0.3, 0.4) is 0 Å². The summed E-state index contributed by atoms with van der Waals surface area (Å²) < 4.78 is 0. The molecule has 1 atom stereocenters. The Morgan fingerprint density at radius 1 is 1.15 bits per heavy atom. The molecular weight excluding hydrogens is 183 g/mol. The summed E-state index contributed by atoms with van der Waals surface area (Å²) in [4.78, 5) is 9.87. The summed E-state index contributed by atoms with van der Waals surface area (Å²) >= 11 is 0. The molecule has 0 radical (unpaired) electrons. The van der Waals surface area contributed by atoms with Crippen molar-refractivity contribution in [3.8, 4) is 0 Å². The summed E-state index contributed by atoms with van der Waals surface area (Å²) in [6.45, 7) is 2.06. The molecule has 1 saturated carbocycles. The van der Waals surface area contributed by atoms with Crippen molar-refractivity contribution >= 4 is 15.9 Å². The highest BCUT2D eigenvalue weighted by atomic mass is 31.0. The molecule has 13 heavy (non-hydrogen) atoms. The molecular formula is C10H23O2P. The van der Waals surface area contributed by atoms with Crippen molar-refractivity contribution in [3.63, 3.8) is 0 Å². The van der Waals surface area contributed by atoms with E-state index in [1.54, 1.807) is 0 Å². The first-order chi connectivity index (χ1) is 5.77. The molecule has 0 saturated heterocycles. The smallest absolute Gasteiger partial charge is 0.303 e. The van der Waals surface area contributed by atoms with Crippen molar-refractivity contribution in [1.29, 1.82) is 0 Å². The molecule has 1 fully saturated rings. The largest absolute Gasteiger partial charge is 0.481 e. The molecule has 1 unspecified atom stereocenters. The average Bonchev–Trinajstić information content (AvgIpc) is 1.83. The minimum absolute atomic E-state index is 0. The molecule has 0 heterocycles. The molecule has 2 nitrogen and oxygen atoms in total. The van der Waals surface area contributed by atoms with Crippen molar-refractivity contribution < 1.29 is 9.90 Å². The SMILES string of the molecule is C1CCC1.CCCCCC(=O)O.P. The van der Waals surface area contributed by atoms with Gasteiger partial charge < -0.3 is 5.11 Å². The molecule has 0 aliphatic heterocycles. The van der Waals surface area contributed by atoms with Crippen LogP contribution in [0.25, 0.3) is 0 Å². The quantitative estimate of drug-likeness (QED) is 0.566. The van der Waals surface area contributed by atoms with Crippen LogP contribution >= 0.6 is 9.90 Å². The number of carboxylic acids is 1. The summed E-state index contributed by atoms with van der Waals surface area (Å²) in [7, 11) is 0. The molecule has 0 amide bonds. The topological polar surface area (TPSA) is 37.3 Å². The third-order valence-corrected chi connectivity index (χ3v) is 1.99. The van der Waals surface area contributed by atoms with Crippen LogP contribution in [-0.4, -0.2) is 11.1 Å². The second kappa shape index (κ2) is 11.9. The maximum absolute atomic E-state index is 9.87. The van der Waals surface area contributed by atoms with Gasteiger partial charge in [0.05, 0.1) is 0 Å². The predicted octanol–water partition coefficient (Wildman–Crippen LogP) is 3.27. The van der Waals surface area contributed by atoms with E-state index in [-0.39, 0.29) is 9.90 Å². The third kappa shape index (κ3) is 14.7. The third-order valence-electron chi connectivity index (χ3n) is 1.99. The van der Waals surface area contributed by atoms with Crippen LogP contribution in [0.5, 0.6) is 0 Å². The Morgan fingerprint density at radius 3 is 1.85 bits per heavy atom. The van der Waals surface area contributed by atoms with Gasteiger partial charge in [-0.2, -0.15) is 9.90 Å². The van der Waals surface area contributed by atoms with E-state index in [4.69, 9.17) is 5.11 Å². The number of hydrogen-bond donors (Lipinski definition) is 1. The number of carboxylic acid groups (broad SMARTS) is 1. The number of unbranched alkanes of at least 4 members (excludes halogenated alkanes) is 2. The average molecular weight is 206 g/mol. The minimum Gasteiger partial charge on any atom is -0.481 e. The predicted molar refractivity (Wildman–Crippen MR) is 61.4 cm³/mol. The lowest BCUT2D eigenvalue weighted by atomic mass is 10.0. The lowest BCUT2D eigenvalue weighted by molar-refractivity contribution is -0.137. The Bertz CT molecular complexity index is 107. The van der Waals surface area contributed by atoms with Crippen LogP contribution in [0.1, 0.15) is 58.3 Å². The van der Waals surface area contributed by atoms with Crippen molar-refractivity contribution in [1.82, 2.24) is 0 Å². The second-order valence-electron chi connectivity index (χ2n) is 3.27. The van der Waals surface area contributed by atoms with Gasteiger partial charge in [0.25, 0.3) is 0 Å². The molecule has 1 rings (SSSR count). The first kappa shape index (κ1) is 15.4. The van der Waals surface area contributed by atoms with E-state index in [1.807, 2.05) is 0 Å². The lowest BCUT2D eigenvalue weighted by Gasteiger charge is -2.05. The molecule has 80 valence electrons. The first-order valence-corrected chi connectivity index (χ1v) is 4.99. The normalized spacial score (nSPS) is 13.0. The molecule has 0 aromatic rings. The Kier molecular flexibility index (Phi) is 14.1. The Balaban J connectivity index is 0. The Labute approximate surface area is 84.7 Å². The van der Waals surface area contributed by atoms with E-state index in [0.717, 1.165) is 19.3 Å². The zero-order valence-electron chi connectivity index (χ0n) is 8.72. The van der Waals surface area contributed by atoms with Gasteiger partial charge in [0.15, 0.2) is 0 Å². The number of rotatable bonds is 4. The summed E-state index contributed by atoms with van der Waals surface area (Å²) in [5, 5.41) is 8.14. The number of carbonyl (C=O) groups is 1. The van der Waals surface area contributed by atoms with Crippen molar-refractivity contribution in [2.24, 2.45) is 0 Å². The van der Waals surface area contributed by atoms with Crippen LogP contribution in [0.15, 0.2) is 0 Å². The second-order valence-corrected chi connectivity index (χ2v) is 3.27. The number of aliphatic carboxylic acids is 1. The maximum atomic E-state index is 9.87. The van der Waals surface area contributed by atoms with Gasteiger partial charge in [0, 0.05) is 6.42 Å². The molecule has 1 aliphatic rings. The van der Waals surface area contributed by atoms with E-state index in [9.17, 15) is 4.79 Å². The molecule has 0 spiro atoms. The van der Waals surface area contributed by atoms with Crippen LogP contribution < -0.4 is 0 Å². The minimum atomic E-state index is -0.682. The molecule has 1 N–H and O–H groups in total. The highest BCUT2D eigenvalue weighted by Gasteiger charge is 1.95. The highest BCUT2D eigenvalue weighted by molar-refractivity contribution is 6.92. The van der Waals surface area contributed by atoms with Crippen LogP contribution in [0.2, 0.25) is 0 Å². The molecule has 0 aromatic carbocycles. The Hall–Kier alpha value is -0.100. The molecule has 0 aromatic heterocycles. The van der Waals surface area contributed by atoms with Crippen molar-refractivity contribution in [3.05, 3.63) is 0 Å². The zero-order chi connectivity index (χ0) is 9.23. The lowest BCUT2D eigenvalue weighted by Crippen LogP contribution is -1.92. The highest BCUT2D eigenvalue weighted by Crippen LogP contribution is 2.15. The summed E-state index contributed by atoms with van der Waals surface area (Å²) in [5.41, 5.74) is 0. The maximum Gasteiger partial charge on any atom is 0.303 e.